The van der Waals surface area contributed by atoms with E-state index in [1.54, 1.807) is 0 Å². The van der Waals surface area contributed by atoms with E-state index in [2.05, 4.69) is 18.0 Å². The van der Waals surface area contributed by atoms with Crippen molar-refractivity contribution in [3.63, 3.8) is 0 Å². The number of hydrogen-bond donors (Lipinski definition) is 2. The predicted molar refractivity (Wildman–Crippen MR) is 76.8 cm³/mol. The summed E-state index contributed by atoms with van der Waals surface area (Å²) in [5.41, 5.74) is 8.66. The zero-order valence-electron chi connectivity index (χ0n) is 10.8. The zero-order valence-corrected chi connectivity index (χ0v) is 11.6. The maximum atomic E-state index is 11.1. The minimum Gasteiger partial charge on any atom is -0.477 e. The molecule has 0 fully saturated rings. The molecule has 1 atom stereocenters. The molecule has 100 valence electrons. The Morgan fingerprint density at radius 1 is 1.63 bits per heavy atom. The van der Waals surface area contributed by atoms with Gasteiger partial charge in [-0.15, -0.1) is 11.3 Å². The lowest BCUT2D eigenvalue weighted by Gasteiger charge is -2.22. The molecule has 3 N–H and O–H groups in total. The molecular formula is C14H16N2O2S. The number of anilines is 1. The first kappa shape index (κ1) is 12.4. The molecule has 1 aliphatic carbocycles. The van der Waals surface area contributed by atoms with Crippen LogP contribution < -0.4 is 5.73 Å². The summed E-state index contributed by atoms with van der Waals surface area (Å²) in [6, 6.07) is 2.05. The summed E-state index contributed by atoms with van der Waals surface area (Å²) in [4.78, 5) is 16.7. The average Bonchev–Trinajstić information content (AvgIpc) is 2.73. The Bertz CT molecular complexity index is 663. The van der Waals surface area contributed by atoms with Crippen LogP contribution in [0, 0.1) is 5.92 Å². The molecule has 0 aliphatic heterocycles. The quantitative estimate of drug-likeness (QED) is 0.883. The summed E-state index contributed by atoms with van der Waals surface area (Å²) < 4.78 is 0. The molecule has 2 heterocycles. The monoisotopic (exact) mass is 276 g/mol. The number of nitrogens with zero attached hydrogens (tertiary/aromatic N) is 1. The molecule has 1 aliphatic rings. The lowest BCUT2D eigenvalue weighted by atomic mass is 9.85. The molecule has 0 saturated heterocycles. The highest BCUT2D eigenvalue weighted by atomic mass is 32.1. The maximum absolute atomic E-state index is 11.1. The molecule has 0 aromatic carbocycles. The second-order valence-electron chi connectivity index (χ2n) is 5.11. The highest BCUT2D eigenvalue weighted by Crippen LogP contribution is 2.36. The van der Waals surface area contributed by atoms with E-state index in [0.29, 0.717) is 11.6 Å². The fraction of sp³-hybridized carbons (Fsp3) is 0.429. The molecule has 2 aromatic heterocycles. The highest BCUT2D eigenvalue weighted by Gasteiger charge is 2.22. The van der Waals surface area contributed by atoms with Gasteiger partial charge in [0.2, 0.25) is 0 Å². The van der Waals surface area contributed by atoms with Crippen LogP contribution >= 0.6 is 11.3 Å². The van der Waals surface area contributed by atoms with Crippen molar-refractivity contribution in [2.45, 2.75) is 32.6 Å². The number of pyridine rings is 1. The van der Waals surface area contributed by atoms with Gasteiger partial charge in [0, 0.05) is 11.1 Å². The number of carbonyl (C=O) groups is 1. The number of hydrogen-bond acceptors (Lipinski definition) is 4. The molecular weight excluding hydrogens is 260 g/mol. The summed E-state index contributed by atoms with van der Waals surface area (Å²) in [6.07, 6.45) is 4.38. The predicted octanol–water partition coefficient (Wildman–Crippen LogP) is 3.09. The first-order valence-electron chi connectivity index (χ1n) is 6.54. The summed E-state index contributed by atoms with van der Waals surface area (Å²) in [6.45, 7) is 2.21. The largest absolute Gasteiger partial charge is 0.477 e. The third kappa shape index (κ3) is 1.98. The Hall–Kier alpha value is -1.62. The van der Waals surface area contributed by atoms with Crippen molar-refractivity contribution in [1.82, 2.24) is 4.98 Å². The van der Waals surface area contributed by atoms with Crippen LogP contribution in [0.15, 0.2) is 6.07 Å². The highest BCUT2D eigenvalue weighted by molar-refractivity contribution is 7.21. The van der Waals surface area contributed by atoms with Crippen LogP contribution in [0.5, 0.6) is 0 Å². The molecule has 0 amide bonds. The summed E-state index contributed by atoms with van der Waals surface area (Å²) in [7, 11) is 0. The first-order valence-corrected chi connectivity index (χ1v) is 7.35. The van der Waals surface area contributed by atoms with E-state index >= 15 is 0 Å². The van der Waals surface area contributed by atoms with Crippen LogP contribution in [0.25, 0.3) is 10.2 Å². The number of nitrogen functional groups attached to an aromatic ring is 1. The van der Waals surface area contributed by atoms with Gasteiger partial charge in [0.1, 0.15) is 9.71 Å². The molecule has 4 nitrogen and oxygen atoms in total. The molecule has 2 aromatic rings. The number of nitrogens with two attached hydrogens (primary N) is 1. The second kappa shape index (κ2) is 4.49. The van der Waals surface area contributed by atoms with Gasteiger partial charge in [0.15, 0.2) is 0 Å². The van der Waals surface area contributed by atoms with Crippen LogP contribution in [0.1, 0.15) is 40.7 Å². The van der Waals surface area contributed by atoms with Gasteiger partial charge in [0.25, 0.3) is 0 Å². The van der Waals surface area contributed by atoms with Gasteiger partial charge in [-0.25, -0.2) is 9.78 Å². The number of carboxylic acids is 1. The van der Waals surface area contributed by atoms with Crippen molar-refractivity contribution in [3.8, 4) is 0 Å². The lowest BCUT2D eigenvalue weighted by molar-refractivity contribution is 0.0703. The minimum absolute atomic E-state index is 0.205. The van der Waals surface area contributed by atoms with Crippen molar-refractivity contribution in [2.24, 2.45) is 5.92 Å². The van der Waals surface area contributed by atoms with Gasteiger partial charge in [-0.2, -0.15) is 0 Å². The van der Waals surface area contributed by atoms with Crippen molar-refractivity contribution < 1.29 is 9.90 Å². The average molecular weight is 276 g/mol. The Morgan fingerprint density at radius 3 is 3.11 bits per heavy atom. The van der Waals surface area contributed by atoms with Gasteiger partial charge in [-0.3, -0.25) is 0 Å². The van der Waals surface area contributed by atoms with E-state index < -0.39 is 5.97 Å². The molecule has 0 spiro atoms. The summed E-state index contributed by atoms with van der Waals surface area (Å²) >= 11 is 1.18. The van der Waals surface area contributed by atoms with E-state index in [4.69, 9.17) is 10.8 Å². The Labute approximate surface area is 115 Å². The van der Waals surface area contributed by atoms with Crippen molar-refractivity contribution in [1.29, 1.82) is 0 Å². The van der Waals surface area contributed by atoms with Gasteiger partial charge < -0.3 is 10.8 Å². The van der Waals surface area contributed by atoms with Crippen LogP contribution in [0.3, 0.4) is 0 Å². The topological polar surface area (TPSA) is 76.2 Å². The Kier molecular flexibility index (Phi) is 2.93. The van der Waals surface area contributed by atoms with E-state index in [9.17, 15) is 4.79 Å². The second-order valence-corrected chi connectivity index (χ2v) is 6.11. The normalized spacial score (nSPS) is 18.5. The van der Waals surface area contributed by atoms with E-state index in [0.717, 1.165) is 28.8 Å². The number of rotatable bonds is 2. The van der Waals surface area contributed by atoms with E-state index in [1.165, 1.54) is 29.7 Å². The molecule has 0 unspecified atom stereocenters. The van der Waals surface area contributed by atoms with Gasteiger partial charge in [-0.05, 0) is 36.8 Å². The van der Waals surface area contributed by atoms with Gasteiger partial charge in [-0.1, -0.05) is 13.3 Å². The van der Waals surface area contributed by atoms with E-state index in [-0.39, 0.29) is 4.88 Å². The molecule has 0 saturated carbocycles. The number of aryl methyl sites for hydroxylation is 1. The minimum atomic E-state index is -0.968. The van der Waals surface area contributed by atoms with Crippen LogP contribution in [-0.4, -0.2) is 16.1 Å². The number of aromatic carboxylic acids is 1. The maximum Gasteiger partial charge on any atom is 0.348 e. The third-order valence-corrected chi connectivity index (χ3v) is 5.06. The first-order chi connectivity index (χ1) is 9.10. The lowest BCUT2D eigenvalue weighted by Crippen LogP contribution is -2.14. The van der Waals surface area contributed by atoms with Crippen LogP contribution in [-0.2, 0) is 12.8 Å². The number of carboxylic acid groups (broad SMARTS) is 1. The Morgan fingerprint density at radius 2 is 2.42 bits per heavy atom. The molecule has 5 heteroatoms. The number of thiophene rings is 1. The Balaban J connectivity index is 2.14. The molecule has 0 bridgehead atoms. The molecule has 19 heavy (non-hydrogen) atoms. The smallest absolute Gasteiger partial charge is 0.348 e. The molecule has 3 rings (SSSR count). The molecule has 0 radical (unpaired) electrons. The van der Waals surface area contributed by atoms with Crippen molar-refractivity contribution in [3.05, 3.63) is 22.2 Å². The zero-order chi connectivity index (χ0) is 13.6. The summed E-state index contributed by atoms with van der Waals surface area (Å²) in [5, 5.41) is 9.92. The van der Waals surface area contributed by atoms with Crippen molar-refractivity contribution >= 4 is 33.2 Å². The number of fused-ring (bicyclic) bond motifs is 2. The summed E-state index contributed by atoms with van der Waals surface area (Å²) in [5.74, 6) is -0.254. The fourth-order valence-corrected chi connectivity index (χ4v) is 3.71. The van der Waals surface area contributed by atoms with Gasteiger partial charge >= 0.3 is 5.97 Å². The number of aromatic nitrogens is 1. The standard InChI is InChI=1S/C14H16N2O2S/c1-2-7-3-4-10-8(5-7)6-9-11(15)12(14(17)18)19-13(9)16-10/h6-7H,2-5,15H2,1H3,(H,17,18)/t7-/m1/s1. The fourth-order valence-electron chi connectivity index (χ4n) is 2.77. The van der Waals surface area contributed by atoms with Crippen molar-refractivity contribution in [2.75, 3.05) is 5.73 Å². The van der Waals surface area contributed by atoms with Gasteiger partial charge in [0.05, 0.1) is 5.69 Å². The van der Waals surface area contributed by atoms with E-state index in [1.807, 2.05) is 0 Å². The SMILES string of the molecule is CC[C@@H]1CCc2nc3sc(C(=O)O)c(N)c3cc2C1. The van der Waals surface area contributed by atoms with Crippen LogP contribution in [0.4, 0.5) is 5.69 Å². The van der Waals surface area contributed by atoms with Crippen LogP contribution in [0.2, 0.25) is 0 Å². The third-order valence-electron chi connectivity index (χ3n) is 3.96.